The Morgan fingerprint density at radius 1 is 1.00 bits per heavy atom. The summed E-state index contributed by atoms with van der Waals surface area (Å²) in [5.74, 6) is 0.305. The van der Waals surface area contributed by atoms with Gasteiger partial charge in [-0.25, -0.2) is 9.59 Å². The van der Waals surface area contributed by atoms with Gasteiger partial charge < -0.3 is 20.1 Å². The van der Waals surface area contributed by atoms with Gasteiger partial charge in [0.1, 0.15) is 0 Å². The number of hydrogen-bond donors (Lipinski definition) is 2. The molecule has 0 aromatic heterocycles. The molecule has 0 saturated carbocycles. The minimum absolute atomic E-state index is 0.154. The summed E-state index contributed by atoms with van der Waals surface area (Å²) in [5.41, 5.74) is 0. The van der Waals surface area contributed by atoms with Gasteiger partial charge in [-0.1, -0.05) is 13.8 Å². The number of carbonyl (C=O) groups excluding carboxylic acids is 2. The van der Waals surface area contributed by atoms with E-state index < -0.39 is 12.2 Å². The quantitative estimate of drug-likeness (QED) is 0.696. The predicted octanol–water partition coefficient (Wildman–Crippen LogP) is 1.50. The molecule has 6 nitrogen and oxygen atoms in total. The molecule has 0 atom stereocenters. The van der Waals surface area contributed by atoms with Crippen LogP contribution in [0.15, 0.2) is 0 Å². The van der Waals surface area contributed by atoms with Crippen molar-refractivity contribution in [2.75, 3.05) is 19.7 Å². The molecule has 0 bridgehead atoms. The van der Waals surface area contributed by atoms with Crippen LogP contribution in [0.4, 0.5) is 9.59 Å². The van der Waals surface area contributed by atoms with Crippen LogP contribution in [0.3, 0.4) is 0 Å². The molecule has 0 aromatic carbocycles. The van der Waals surface area contributed by atoms with E-state index in [4.69, 9.17) is 9.47 Å². The average molecular weight is 246 g/mol. The summed E-state index contributed by atoms with van der Waals surface area (Å²) in [6, 6.07) is 0. The molecule has 0 aromatic rings. The van der Waals surface area contributed by atoms with Crippen molar-refractivity contribution in [3.63, 3.8) is 0 Å². The molecular weight excluding hydrogens is 224 g/mol. The maximum atomic E-state index is 11.1. The number of nitrogens with one attached hydrogen (secondary N) is 2. The summed E-state index contributed by atoms with van der Waals surface area (Å²) in [7, 11) is 0. The highest BCUT2D eigenvalue weighted by Crippen LogP contribution is 1.92. The van der Waals surface area contributed by atoms with Gasteiger partial charge in [-0.05, 0) is 19.8 Å². The van der Waals surface area contributed by atoms with Gasteiger partial charge >= 0.3 is 12.2 Å². The van der Waals surface area contributed by atoms with Gasteiger partial charge in [0, 0.05) is 13.1 Å². The van der Waals surface area contributed by atoms with Crippen LogP contribution >= 0.6 is 0 Å². The van der Waals surface area contributed by atoms with Crippen LogP contribution in [0.5, 0.6) is 0 Å². The van der Waals surface area contributed by atoms with Crippen molar-refractivity contribution >= 4 is 12.2 Å². The van der Waals surface area contributed by atoms with E-state index in [0.29, 0.717) is 25.6 Å². The lowest BCUT2D eigenvalue weighted by Crippen LogP contribution is -2.36. The highest BCUT2D eigenvalue weighted by molar-refractivity contribution is 5.68. The van der Waals surface area contributed by atoms with E-state index in [-0.39, 0.29) is 6.10 Å². The molecule has 0 aliphatic rings. The van der Waals surface area contributed by atoms with Crippen molar-refractivity contribution in [1.29, 1.82) is 0 Å². The van der Waals surface area contributed by atoms with Crippen molar-refractivity contribution in [3.8, 4) is 0 Å². The first-order valence-corrected chi connectivity index (χ1v) is 5.77. The van der Waals surface area contributed by atoms with Gasteiger partial charge in [0.15, 0.2) is 0 Å². The molecule has 0 aliphatic heterocycles. The second kappa shape index (κ2) is 8.66. The monoisotopic (exact) mass is 246 g/mol. The van der Waals surface area contributed by atoms with E-state index in [0.717, 1.165) is 0 Å². The SMILES string of the molecule is CC(C)COC(=O)NCCNC(=O)OC(C)C. The second-order valence-corrected chi connectivity index (χ2v) is 4.30. The Morgan fingerprint density at radius 3 is 2.00 bits per heavy atom. The van der Waals surface area contributed by atoms with E-state index in [9.17, 15) is 9.59 Å². The van der Waals surface area contributed by atoms with Gasteiger partial charge in [0.05, 0.1) is 12.7 Å². The zero-order valence-electron chi connectivity index (χ0n) is 10.9. The normalized spacial score (nSPS) is 10.2. The lowest BCUT2D eigenvalue weighted by Gasteiger charge is -2.10. The molecule has 0 heterocycles. The van der Waals surface area contributed by atoms with Crippen molar-refractivity contribution in [2.45, 2.75) is 33.8 Å². The summed E-state index contributed by atoms with van der Waals surface area (Å²) in [6.45, 7) is 8.44. The molecule has 2 N–H and O–H groups in total. The Bertz CT molecular complexity index is 242. The highest BCUT2D eigenvalue weighted by atomic mass is 16.6. The second-order valence-electron chi connectivity index (χ2n) is 4.30. The molecule has 0 aliphatic carbocycles. The fraction of sp³-hybridized carbons (Fsp3) is 0.818. The first kappa shape index (κ1) is 15.5. The summed E-state index contributed by atoms with van der Waals surface area (Å²) >= 11 is 0. The van der Waals surface area contributed by atoms with Crippen molar-refractivity contribution in [2.24, 2.45) is 5.92 Å². The molecule has 17 heavy (non-hydrogen) atoms. The van der Waals surface area contributed by atoms with Crippen LogP contribution in [-0.4, -0.2) is 38.0 Å². The molecule has 0 rings (SSSR count). The van der Waals surface area contributed by atoms with Gasteiger partial charge in [0.2, 0.25) is 0 Å². The van der Waals surface area contributed by atoms with E-state index in [1.807, 2.05) is 13.8 Å². The predicted molar refractivity (Wildman–Crippen MR) is 63.8 cm³/mol. The fourth-order valence-electron chi connectivity index (χ4n) is 0.878. The Morgan fingerprint density at radius 2 is 1.53 bits per heavy atom. The lowest BCUT2D eigenvalue weighted by atomic mass is 10.2. The topological polar surface area (TPSA) is 76.7 Å². The molecule has 0 radical (unpaired) electrons. The standard InChI is InChI=1S/C11H22N2O4/c1-8(2)7-16-10(14)12-5-6-13-11(15)17-9(3)4/h8-9H,5-7H2,1-4H3,(H,12,14)(H,13,15). The van der Waals surface area contributed by atoms with Crippen molar-refractivity contribution < 1.29 is 19.1 Å². The zero-order valence-corrected chi connectivity index (χ0v) is 10.9. The average Bonchev–Trinajstić information content (AvgIpc) is 2.20. The molecular formula is C11H22N2O4. The highest BCUT2D eigenvalue weighted by Gasteiger charge is 2.05. The van der Waals surface area contributed by atoms with Crippen LogP contribution in [0.2, 0.25) is 0 Å². The summed E-state index contributed by atoms with van der Waals surface area (Å²) in [6.07, 6.45) is -1.12. The summed E-state index contributed by atoms with van der Waals surface area (Å²) in [5, 5.41) is 5.02. The fourth-order valence-corrected chi connectivity index (χ4v) is 0.878. The molecule has 0 spiro atoms. The minimum atomic E-state index is -0.489. The third-order valence-corrected chi connectivity index (χ3v) is 1.55. The van der Waals surface area contributed by atoms with Gasteiger partial charge in [0.25, 0.3) is 0 Å². The summed E-state index contributed by atoms with van der Waals surface area (Å²) < 4.78 is 9.72. The smallest absolute Gasteiger partial charge is 0.407 e. The number of amides is 2. The van der Waals surface area contributed by atoms with Crippen LogP contribution in [0.25, 0.3) is 0 Å². The van der Waals surface area contributed by atoms with Gasteiger partial charge in [-0.2, -0.15) is 0 Å². The number of alkyl carbamates (subject to hydrolysis) is 2. The Labute approximate surface area is 102 Å². The lowest BCUT2D eigenvalue weighted by molar-refractivity contribution is 0.114. The summed E-state index contributed by atoms with van der Waals surface area (Å²) in [4.78, 5) is 22.1. The molecule has 100 valence electrons. The van der Waals surface area contributed by atoms with Crippen LogP contribution in [-0.2, 0) is 9.47 Å². The molecule has 2 amide bonds. The molecule has 0 fully saturated rings. The van der Waals surface area contributed by atoms with Crippen molar-refractivity contribution in [3.05, 3.63) is 0 Å². The van der Waals surface area contributed by atoms with Crippen LogP contribution in [0.1, 0.15) is 27.7 Å². The van der Waals surface area contributed by atoms with E-state index in [1.54, 1.807) is 13.8 Å². The van der Waals surface area contributed by atoms with Crippen LogP contribution in [0, 0.1) is 5.92 Å². The Kier molecular flexibility index (Phi) is 7.92. The number of carbonyl (C=O) groups is 2. The maximum Gasteiger partial charge on any atom is 0.407 e. The minimum Gasteiger partial charge on any atom is -0.449 e. The maximum absolute atomic E-state index is 11.1. The number of ether oxygens (including phenoxy) is 2. The first-order valence-electron chi connectivity index (χ1n) is 5.77. The van der Waals surface area contributed by atoms with E-state index >= 15 is 0 Å². The van der Waals surface area contributed by atoms with E-state index in [2.05, 4.69) is 10.6 Å². The van der Waals surface area contributed by atoms with E-state index in [1.165, 1.54) is 0 Å². The third kappa shape index (κ3) is 10.8. The third-order valence-electron chi connectivity index (χ3n) is 1.55. The zero-order chi connectivity index (χ0) is 13.3. The number of rotatable bonds is 6. The first-order chi connectivity index (χ1) is 7.91. The van der Waals surface area contributed by atoms with Crippen LogP contribution < -0.4 is 10.6 Å². The largest absolute Gasteiger partial charge is 0.449 e. The molecule has 6 heteroatoms. The van der Waals surface area contributed by atoms with Gasteiger partial charge in [-0.3, -0.25) is 0 Å². The molecule has 0 saturated heterocycles. The van der Waals surface area contributed by atoms with Crippen molar-refractivity contribution in [1.82, 2.24) is 10.6 Å². The Balaban J connectivity index is 3.44. The molecule has 0 unspecified atom stereocenters. The van der Waals surface area contributed by atoms with Gasteiger partial charge in [-0.15, -0.1) is 0 Å². The number of hydrogen-bond acceptors (Lipinski definition) is 4. The Hall–Kier alpha value is -1.46.